The normalized spacial score (nSPS) is 10.5. The average Bonchev–Trinajstić information content (AvgIpc) is 2.30. The molecule has 0 unspecified atom stereocenters. The first-order chi connectivity index (χ1) is 8.97. The van der Waals surface area contributed by atoms with Gasteiger partial charge in [-0.3, -0.25) is 0 Å². The molecule has 0 aliphatic carbocycles. The van der Waals surface area contributed by atoms with Crippen molar-refractivity contribution in [2.24, 2.45) is 0 Å². The molecule has 0 saturated carbocycles. The minimum atomic E-state index is 0.808. The molecular weight excluding hydrogens is 232 g/mol. The lowest BCUT2D eigenvalue weighted by atomic mass is 10.00. The van der Waals surface area contributed by atoms with Crippen LogP contribution in [0.3, 0.4) is 0 Å². The molecule has 0 spiro atoms. The number of nitrogens with one attached hydrogen (secondary N) is 1. The van der Waals surface area contributed by atoms with E-state index < -0.39 is 0 Å². The Morgan fingerprint density at radius 2 is 1.53 bits per heavy atom. The molecule has 0 bridgehead atoms. The van der Waals surface area contributed by atoms with Crippen LogP contribution in [0.15, 0.2) is 30.3 Å². The summed E-state index contributed by atoms with van der Waals surface area (Å²) < 4.78 is 0. The fourth-order valence-electron chi connectivity index (χ4n) is 2.52. The van der Waals surface area contributed by atoms with Crippen molar-refractivity contribution >= 4 is 11.4 Å². The monoisotopic (exact) mass is 254 g/mol. The Morgan fingerprint density at radius 1 is 0.895 bits per heavy atom. The molecule has 19 heavy (non-hydrogen) atoms. The number of aryl methyl sites for hydroxylation is 4. The second kappa shape index (κ2) is 5.35. The summed E-state index contributed by atoms with van der Waals surface area (Å²) in [7, 11) is 0. The maximum absolute atomic E-state index is 6.02. The van der Waals surface area contributed by atoms with Crippen LogP contribution in [0.4, 0.5) is 11.4 Å². The molecule has 0 amide bonds. The maximum Gasteiger partial charge on any atom is 0.0576 e. The first kappa shape index (κ1) is 13.5. The predicted molar refractivity (Wildman–Crippen MR) is 83.6 cm³/mol. The van der Waals surface area contributed by atoms with Gasteiger partial charge in [0.05, 0.1) is 11.4 Å². The first-order valence-electron chi connectivity index (χ1n) is 6.64. The largest absolute Gasteiger partial charge is 0.397 e. The summed E-state index contributed by atoms with van der Waals surface area (Å²) in [6, 6.07) is 10.6. The molecule has 100 valence electrons. The van der Waals surface area contributed by atoms with Crippen LogP contribution in [0, 0.1) is 27.7 Å². The summed E-state index contributed by atoms with van der Waals surface area (Å²) in [6.45, 7) is 9.32. The Morgan fingerprint density at radius 3 is 2.11 bits per heavy atom. The summed E-state index contributed by atoms with van der Waals surface area (Å²) in [4.78, 5) is 0. The number of hydrogen-bond acceptors (Lipinski definition) is 2. The van der Waals surface area contributed by atoms with Gasteiger partial charge in [-0.15, -0.1) is 0 Å². The van der Waals surface area contributed by atoms with E-state index in [1.54, 1.807) is 0 Å². The summed E-state index contributed by atoms with van der Waals surface area (Å²) in [5.74, 6) is 0. The third-order valence-corrected chi connectivity index (χ3v) is 3.50. The van der Waals surface area contributed by atoms with Crippen molar-refractivity contribution < 1.29 is 0 Å². The van der Waals surface area contributed by atoms with E-state index in [2.05, 4.69) is 51.2 Å². The van der Waals surface area contributed by atoms with Gasteiger partial charge in [-0.2, -0.15) is 0 Å². The Labute approximate surface area is 115 Å². The van der Waals surface area contributed by atoms with Crippen LogP contribution in [0.5, 0.6) is 0 Å². The van der Waals surface area contributed by atoms with Gasteiger partial charge in [-0.05, 0) is 62.1 Å². The van der Waals surface area contributed by atoms with Gasteiger partial charge in [-0.25, -0.2) is 0 Å². The molecule has 3 N–H and O–H groups in total. The van der Waals surface area contributed by atoms with Gasteiger partial charge in [0.2, 0.25) is 0 Å². The molecule has 2 aromatic carbocycles. The topological polar surface area (TPSA) is 38.0 Å². The molecule has 2 aromatic rings. The quantitative estimate of drug-likeness (QED) is 0.809. The highest BCUT2D eigenvalue weighted by atomic mass is 14.9. The van der Waals surface area contributed by atoms with Crippen LogP contribution in [0.1, 0.15) is 27.8 Å². The molecule has 0 atom stereocenters. The van der Waals surface area contributed by atoms with Crippen LogP contribution in [-0.4, -0.2) is 0 Å². The SMILES string of the molecule is Cc1cc(C)c(CNc2ccc(C)cc2N)c(C)c1. The second-order valence-corrected chi connectivity index (χ2v) is 5.32. The van der Waals surface area contributed by atoms with Crippen molar-refractivity contribution in [3.8, 4) is 0 Å². The second-order valence-electron chi connectivity index (χ2n) is 5.32. The molecule has 0 heterocycles. The average molecular weight is 254 g/mol. The van der Waals surface area contributed by atoms with Crippen molar-refractivity contribution in [2.45, 2.75) is 34.2 Å². The minimum Gasteiger partial charge on any atom is -0.397 e. The van der Waals surface area contributed by atoms with Gasteiger partial charge < -0.3 is 11.1 Å². The Balaban J connectivity index is 2.19. The fraction of sp³-hybridized carbons (Fsp3) is 0.294. The van der Waals surface area contributed by atoms with E-state index in [4.69, 9.17) is 5.73 Å². The molecule has 0 radical (unpaired) electrons. The van der Waals surface area contributed by atoms with Crippen molar-refractivity contribution in [1.82, 2.24) is 0 Å². The minimum absolute atomic E-state index is 0.808. The van der Waals surface area contributed by atoms with Gasteiger partial charge in [-0.1, -0.05) is 23.8 Å². The Bertz CT molecular complexity index is 577. The van der Waals surface area contributed by atoms with E-state index in [-0.39, 0.29) is 0 Å². The number of anilines is 2. The van der Waals surface area contributed by atoms with Crippen molar-refractivity contribution in [2.75, 3.05) is 11.1 Å². The van der Waals surface area contributed by atoms with Gasteiger partial charge in [0.15, 0.2) is 0 Å². The number of rotatable bonds is 3. The lowest BCUT2D eigenvalue weighted by Crippen LogP contribution is -2.06. The molecule has 2 heteroatoms. The molecule has 0 aliphatic rings. The van der Waals surface area contributed by atoms with Gasteiger partial charge >= 0.3 is 0 Å². The summed E-state index contributed by atoms with van der Waals surface area (Å²) in [5.41, 5.74) is 14.3. The standard InChI is InChI=1S/C17H22N2/c1-11-5-6-17(16(18)9-11)19-10-15-13(3)7-12(2)8-14(15)4/h5-9,19H,10,18H2,1-4H3. The maximum atomic E-state index is 6.02. The summed E-state index contributed by atoms with van der Waals surface area (Å²) in [5, 5.41) is 3.43. The molecule has 0 aromatic heterocycles. The van der Waals surface area contributed by atoms with Gasteiger partial charge in [0, 0.05) is 6.54 Å². The van der Waals surface area contributed by atoms with E-state index >= 15 is 0 Å². The zero-order chi connectivity index (χ0) is 14.0. The lowest BCUT2D eigenvalue weighted by Gasteiger charge is -2.14. The van der Waals surface area contributed by atoms with Crippen LogP contribution in [0.25, 0.3) is 0 Å². The van der Waals surface area contributed by atoms with E-state index in [0.717, 1.165) is 17.9 Å². The van der Waals surface area contributed by atoms with Crippen LogP contribution in [-0.2, 0) is 6.54 Å². The number of nitrogens with two attached hydrogens (primary N) is 1. The molecular formula is C17H22N2. The van der Waals surface area contributed by atoms with Crippen LogP contribution in [0.2, 0.25) is 0 Å². The zero-order valence-corrected chi connectivity index (χ0v) is 12.2. The lowest BCUT2D eigenvalue weighted by molar-refractivity contribution is 1.08. The Hall–Kier alpha value is -1.96. The zero-order valence-electron chi connectivity index (χ0n) is 12.2. The first-order valence-corrected chi connectivity index (χ1v) is 6.64. The van der Waals surface area contributed by atoms with Gasteiger partial charge in [0.25, 0.3) is 0 Å². The smallest absolute Gasteiger partial charge is 0.0576 e. The van der Waals surface area contributed by atoms with Crippen LogP contribution < -0.4 is 11.1 Å². The third-order valence-electron chi connectivity index (χ3n) is 3.50. The third kappa shape index (κ3) is 3.08. The van der Waals surface area contributed by atoms with Gasteiger partial charge in [0.1, 0.15) is 0 Å². The highest BCUT2D eigenvalue weighted by Crippen LogP contribution is 2.22. The van der Waals surface area contributed by atoms with Crippen molar-refractivity contribution in [1.29, 1.82) is 0 Å². The highest BCUT2D eigenvalue weighted by Gasteiger charge is 2.05. The molecule has 0 saturated heterocycles. The molecule has 2 rings (SSSR count). The molecule has 0 fully saturated rings. The number of benzene rings is 2. The van der Waals surface area contributed by atoms with E-state index in [9.17, 15) is 0 Å². The van der Waals surface area contributed by atoms with Crippen molar-refractivity contribution in [3.63, 3.8) is 0 Å². The highest BCUT2D eigenvalue weighted by molar-refractivity contribution is 5.67. The van der Waals surface area contributed by atoms with E-state index in [1.807, 2.05) is 12.1 Å². The summed E-state index contributed by atoms with van der Waals surface area (Å²) >= 11 is 0. The number of hydrogen-bond donors (Lipinski definition) is 2. The van der Waals surface area contributed by atoms with Crippen molar-refractivity contribution in [3.05, 3.63) is 58.1 Å². The molecule has 2 nitrogen and oxygen atoms in total. The fourth-order valence-corrected chi connectivity index (χ4v) is 2.52. The predicted octanol–water partition coefficient (Wildman–Crippen LogP) is 4.11. The van der Waals surface area contributed by atoms with E-state index in [1.165, 1.54) is 27.8 Å². The number of nitrogen functional groups attached to an aromatic ring is 1. The van der Waals surface area contributed by atoms with E-state index in [0.29, 0.717) is 0 Å². The Kier molecular flexibility index (Phi) is 3.79. The summed E-state index contributed by atoms with van der Waals surface area (Å²) in [6.07, 6.45) is 0. The molecule has 0 aliphatic heterocycles. The van der Waals surface area contributed by atoms with Crippen LogP contribution >= 0.6 is 0 Å².